The van der Waals surface area contributed by atoms with Crippen molar-refractivity contribution in [1.82, 2.24) is 9.21 Å². The minimum atomic E-state index is -3.17. The molecule has 0 aromatic carbocycles. The van der Waals surface area contributed by atoms with E-state index in [2.05, 4.69) is 17.1 Å². The average molecular weight is 316 g/mol. The molecule has 1 aliphatic carbocycles. The average Bonchev–Trinajstić information content (AvgIpc) is 2.48. The zero-order valence-electron chi connectivity index (χ0n) is 13.2. The summed E-state index contributed by atoms with van der Waals surface area (Å²) < 4.78 is 31.5. The van der Waals surface area contributed by atoms with Crippen molar-refractivity contribution in [3.8, 4) is 0 Å². The summed E-state index contributed by atoms with van der Waals surface area (Å²) in [4.78, 5) is 2.41. The van der Waals surface area contributed by atoms with Gasteiger partial charge in [-0.15, -0.1) is 0 Å². The smallest absolute Gasteiger partial charge is 0.216 e. The molecule has 1 aliphatic heterocycles. The number of rotatable bonds is 6. The van der Waals surface area contributed by atoms with Gasteiger partial charge in [0.15, 0.2) is 0 Å². The van der Waals surface area contributed by atoms with Crippen molar-refractivity contribution < 1.29 is 13.2 Å². The molecule has 5 nitrogen and oxygen atoms in total. The maximum absolute atomic E-state index is 12.3. The van der Waals surface area contributed by atoms with Gasteiger partial charge < -0.3 is 4.74 Å². The predicted molar refractivity (Wildman–Crippen MR) is 84.8 cm³/mol. The second-order valence-corrected chi connectivity index (χ2v) is 8.19. The first-order valence-corrected chi connectivity index (χ1v) is 9.60. The standard InChI is InChI=1S/C15H28N2O3S/c1-14(2)20-12-13-21(18,19)17-10-8-16(9-11-17)15-6-4-3-5-7-15/h4,6,14-15H,3,5,7-13H2,1-2H3/t15-/m0/s1. The lowest BCUT2D eigenvalue weighted by Gasteiger charge is -2.38. The highest BCUT2D eigenvalue weighted by atomic mass is 32.2. The molecule has 0 amide bonds. The molecule has 1 fully saturated rings. The molecular formula is C15H28N2O3S. The number of nitrogens with zero attached hydrogens (tertiary/aromatic N) is 2. The van der Waals surface area contributed by atoms with Crippen molar-refractivity contribution in [3.63, 3.8) is 0 Å². The Morgan fingerprint density at radius 2 is 1.95 bits per heavy atom. The highest BCUT2D eigenvalue weighted by Crippen LogP contribution is 2.19. The lowest BCUT2D eigenvalue weighted by Crippen LogP contribution is -2.52. The van der Waals surface area contributed by atoms with E-state index in [-0.39, 0.29) is 18.5 Å². The van der Waals surface area contributed by atoms with Crippen molar-refractivity contribution in [2.45, 2.75) is 45.3 Å². The fraction of sp³-hybridized carbons (Fsp3) is 0.867. The zero-order chi connectivity index (χ0) is 15.3. The van der Waals surface area contributed by atoms with Crippen LogP contribution in [0.3, 0.4) is 0 Å². The van der Waals surface area contributed by atoms with E-state index in [0.717, 1.165) is 13.1 Å². The lowest BCUT2D eigenvalue weighted by molar-refractivity contribution is 0.0899. The van der Waals surface area contributed by atoms with Crippen LogP contribution in [0.25, 0.3) is 0 Å². The van der Waals surface area contributed by atoms with Gasteiger partial charge in [-0.05, 0) is 33.1 Å². The molecular weight excluding hydrogens is 288 g/mol. The van der Waals surface area contributed by atoms with Crippen molar-refractivity contribution in [2.75, 3.05) is 38.5 Å². The molecule has 0 bridgehead atoms. The van der Waals surface area contributed by atoms with E-state index in [1.807, 2.05) is 13.8 Å². The van der Waals surface area contributed by atoms with Crippen LogP contribution in [0.4, 0.5) is 0 Å². The highest BCUT2D eigenvalue weighted by Gasteiger charge is 2.29. The first-order chi connectivity index (χ1) is 9.99. The number of allylic oxidation sites excluding steroid dienone is 1. The van der Waals surface area contributed by atoms with Gasteiger partial charge in [-0.1, -0.05) is 12.2 Å². The van der Waals surface area contributed by atoms with Gasteiger partial charge in [-0.2, -0.15) is 4.31 Å². The van der Waals surface area contributed by atoms with Crippen LogP contribution in [0.1, 0.15) is 33.1 Å². The molecule has 2 rings (SSSR count). The van der Waals surface area contributed by atoms with Crippen LogP contribution in [0.15, 0.2) is 12.2 Å². The molecule has 2 aliphatic rings. The third kappa shape index (κ3) is 5.06. The van der Waals surface area contributed by atoms with E-state index in [4.69, 9.17) is 4.74 Å². The van der Waals surface area contributed by atoms with Crippen molar-refractivity contribution in [2.24, 2.45) is 0 Å². The zero-order valence-corrected chi connectivity index (χ0v) is 14.0. The summed E-state index contributed by atoms with van der Waals surface area (Å²) in [5, 5.41) is 0. The van der Waals surface area contributed by atoms with E-state index in [1.165, 1.54) is 19.3 Å². The normalized spacial score (nSPS) is 25.6. The Bertz CT molecular complexity index is 440. The summed E-state index contributed by atoms with van der Waals surface area (Å²) in [5.74, 6) is 0.0918. The summed E-state index contributed by atoms with van der Waals surface area (Å²) in [7, 11) is -3.17. The molecule has 0 aromatic rings. The lowest BCUT2D eigenvalue weighted by atomic mass is 10.0. The third-order valence-corrected chi connectivity index (χ3v) is 5.99. The van der Waals surface area contributed by atoms with Crippen LogP contribution < -0.4 is 0 Å². The Labute approximate surface area is 129 Å². The van der Waals surface area contributed by atoms with E-state index in [1.54, 1.807) is 4.31 Å². The molecule has 0 saturated carbocycles. The topological polar surface area (TPSA) is 49.9 Å². The van der Waals surface area contributed by atoms with E-state index >= 15 is 0 Å². The molecule has 0 aromatic heterocycles. The third-order valence-electron chi connectivity index (χ3n) is 4.16. The van der Waals surface area contributed by atoms with Gasteiger partial charge in [0.25, 0.3) is 0 Å². The Hall–Kier alpha value is -0.430. The van der Waals surface area contributed by atoms with Crippen LogP contribution in [0.2, 0.25) is 0 Å². The van der Waals surface area contributed by atoms with E-state index < -0.39 is 10.0 Å². The Morgan fingerprint density at radius 3 is 2.52 bits per heavy atom. The SMILES string of the molecule is CC(C)OCCS(=O)(=O)N1CCN([C@H]2C=CCCC2)CC1. The predicted octanol–water partition coefficient (Wildman–Crippen LogP) is 1.47. The van der Waals surface area contributed by atoms with Crippen molar-refractivity contribution in [1.29, 1.82) is 0 Å². The molecule has 1 saturated heterocycles. The second-order valence-electron chi connectivity index (χ2n) is 6.10. The summed E-state index contributed by atoms with van der Waals surface area (Å²) in [6, 6.07) is 0.507. The highest BCUT2D eigenvalue weighted by molar-refractivity contribution is 7.89. The van der Waals surface area contributed by atoms with Crippen LogP contribution >= 0.6 is 0 Å². The monoisotopic (exact) mass is 316 g/mol. The molecule has 6 heteroatoms. The number of hydrogen-bond donors (Lipinski definition) is 0. The summed E-state index contributed by atoms with van der Waals surface area (Å²) in [6.07, 6.45) is 8.23. The Morgan fingerprint density at radius 1 is 1.24 bits per heavy atom. The van der Waals surface area contributed by atoms with Crippen LogP contribution in [-0.4, -0.2) is 68.3 Å². The molecule has 21 heavy (non-hydrogen) atoms. The number of sulfonamides is 1. The Kier molecular flexibility index (Phi) is 6.22. The molecule has 122 valence electrons. The van der Waals surface area contributed by atoms with Gasteiger partial charge in [0.1, 0.15) is 0 Å². The summed E-state index contributed by atoms with van der Waals surface area (Å²) in [6.45, 7) is 7.00. The molecule has 1 heterocycles. The van der Waals surface area contributed by atoms with E-state index in [9.17, 15) is 8.42 Å². The number of ether oxygens (including phenoxy) is 1. The second kappa shape index (κ2) is 7.72. The van der Waals surface area contributed by atoms with Gasteiger partial charge in [0.2, 0.25) is 10.0 Å². The first-order valence-electron chi connectivity index (χ1n) is 7.99. The van der Waals surface area contributed by atoms with Crippen LogP contribution in [-0.2, 0) is 14.8 Å². The summed E-state index contributed by atoms with van der Waals surface area (Å²) >= 11 is 0. The fourth-order valence-corrected chi connectivity index (χ4v) is 4.21. The number of hydrogen-bond acceptors (Lipinski definition) is 4. The van der Waals surface area contributed by atoms with E-state index in [0.29, 0.717) is 19.1 Å². The largest absolute Gasteiger partial charge is 0.378 e. The van der Waals surface area contributed by atoms with Crippen LogP contribution in [0.5, 0.6) is 0 Å². The first kappa shape index (κ1) is 16.9. The van der Waals surface area contributed by atoms with Gasteiger partial charge in [-0.25, -0.2) is 8.42 Å². The van der Waals surface area contributed by atoms with Gasteiger partial charge in [0.05, 0.1) is 18.5 Å². The van der Waals surface area contributed by atoms with Crippen molar-refractivity contribution in [3.05, 3.63) is 12.2 Å². The Balaban J connectivity index is 1.79. The number of piperazine rings is 1. The molecule has 0 N–H and O–H groups in total. The quantitative estimate of drug-likeness (QED) is 0.696. The van der Waals surface area contributed by atoms with Gasteiger partial charge in [-0.3, -0.25) is 4.90 Å². The minimum absolute atomic E-state index is 0.0788. The van der Waals surface area contributed by atoms with Gasteiger partial charge in [0, 0.05) is 32.2 Å². The maximum Gasteiger partial charge on any atom is 0.216 e. The summed E-state index contributed by atoms with van der Waals surface area (Å²) in [5.41, 5.74) is 0. The molecule has 1 atom stereocenters. The molecule has 0 radical (unpaired) electrons. The molecule has 0 spiro atoms. The minimum Gasteiger partial charge on any atom is -0.378 e. The van der Waals surface area contributed by atoms with Crippen molar-refractivity contribution >= 4 is 10.0 Å². The maximum atomic E-state index is 12.3. The fourth-order valence-electron chi connectivity index (χ4n) is 2.93. The van der Waals surface area contributed by atoms with Gasteiger partial charge >= 0.3 is 0 Å². The van der Waals surface area contributed by atoms with Crippen LogP contribution in [0, 0.1) is 0 Å². The molecule has 0 unspecified atom stereocenters.